The molecule has 2 aliphatic rings. The molecule has 0 aromatic carbocycles. The van der Waals surface area contributed by atoms with Crippen LogP contribution >= 0.6 is 0 Å². The molecule has 1 N–H and O–H groups in total. The zero-order valence-electron chi connectivity index (χ0n) is 10.2. The standard InChI is InChI=1S/C13H22N2O/c1-3-9-15(11-5-6-11)12(16)13(2)7-4-8-14-10-13/h3,11,14H,1,4-10H2,2H3. The molecule has 1 aliphatic carbocycles. The number of rotatable bonds is 4. The summed E-state index contributed by atoms with van der Waals surface area (Å²) in [6, 6.07) is 0.490. The normalized spacial score (nSPS) is 29.8. The summed E-state index contributed by atoms with van der Waals surface area (Å²) >= 11 is 0. The van der Waals surface area contributed by atoms with Crippen molar-refractivity contribution in [3.63, 3.8) is 0 Å². The minimum Gasteiger partial charge on any atom is -0.335 e. The fraction of sp³-hybridized carbons (Fsp3) is 0.769. The van der Waals surface area contributed by atoms with Crippen molar-refractivity contribution in [2.24, 2.45) is 5.41 Å². The Morgan fingerprint density at radius 3 is 2.88 bits per heavy atom. The highest BCUT2D eigenvalue weighted by Crippen LogP contribution is 2.34. The number of carbonyl (C=O) groups is 1. The van der Waals surface area contributed by atoms with Crippen LogP contribution in [0, 0.1) is 5.41 Å². The first-order chi connectivity index (χ1) is 7.67. The highest BCUT2D eigenvalue weighted by molar-refractivity contribution is 5.83. The molecule has 0 radical (unpaired) electrons. The lowest BCUT2D eigenvalue weighted by Gasteiger charge is -2.37. The molecule has 1 saturated carbocycles. The van der Waals surface area contributed by atoms with Crippen molar-refractivity contribution in [1.29, 1.82) is 0 Å². The van der Waals surface area contributed by atoms with Crippen molar-refractivity contribution in [3.05, 3.63) is 12.7 Å². The summed E-state index contributed by atoms with van der Waals surface area (Å²) < 4.78 is 0. The Balaban J connectivity index is 2.05. The van der Waals surface area contributed by atoms with E-state index in [1.54, 1.807) is 0 Å². The lowest BCUT2D eigenvalue weighted by atomic mass is 9.81. The van der Waals surface area contributed by atoms with E-state index < -0.39 is 0 Å². The quantitative estimate of drug-likeness (QED) is 0.732. The van der Waals surface area contributed by atoms with Crippen LogP contribution < -0.4 is 5.32 Å². The molecule has 1 heterocycles. The SMILES string of the molecule is C=CCN(C(=O)C1(C)CCCNC1)C1CC1. The van der Waals surface area contributed by atoms with Crippen LogP contribution in [0.4, 0.5) is 0 Å². The zero-order valence-corrected chi connectivity index (χ0v) is 10.2. The van der Waals surface area contributed by atoms with Gasteiger partial charge in [-0.1, -0.05) is 6.08 Å². The fourth-order valence-electron chi connectivity index (χ4n) is 2.51. The lowest BCUT2D eigenvalue weighted by molar-refractivity contribution is -0.142. The first-order valence-corrected chi connectivity index (χ1v) is 6.30. The van der Waals surface area contributed by atoms with E-state index in [0.717, 1.165) is 25.9 Å². The predicted octanol–water partition coefficient (Wildman–Crippen LogP) is 1.55. The fourth-order valence-corrected chi connectivity index (χ4v) is 2.51. The van der Waals surface area contributed by atoms with E-state index in [1.165, 1.54) is 12.8 Å². The lowest BCUT2D eigenvalue weighted by Crippen LogP contribution is -2.51. The van der Waals surface area contributed by atoms with Crippen LogP contribution in [0.2, 0.25) is 0 Å². The van der Waals surface area contributed by atoms with Crippen LogP contribution in [-0.2, 0) is 4.79 Å². The largest absolute Gasteiger partial charge is 0.335 e. The average molecular weight is 222 g/mol. The van der Waals surface area contributed by atoms with Gasteiger partial charge in [-0.15, -0.1) is 6.58 Å². The van der Waals surface area contributed by atoms with Gasteiger partial charge in [-0.25, -0.2) is 0 Å². The predicted molar refractivity (Wildman–Crippen MR) is 65.1 cm³/mol. The van der Waals surface area contributed by atoms with Crippen molar-refractivity contribution < 1.29 is 4.79 Å². The molecular weight excluding hydrogens is 200 g/mol. The molecule has 1 unspecified atom stereocenters. The second-order valence-corrected chi connectivity index (χ2v) is 5.32. The Kier molecular flexibility index (Phi) is 3.33. The maximum absolute atomic E-state index is 12.5. The van der Waals surface area contributed by atoms with E-state index >= 15 is 0 Å². The van der Waals surface area contributed by atoms with Gasteiger partial charge in [-0.3, -0.25) is 4.79 Å². The Morgan fingerprint density at radius 2 is 2.38 bits per heavy atom. The van der Waals surface area contributed by atoms with E-state index in [0.29, 0.717) is 18.5 Å². The summed E-state index contributed by atoms with van der Waals surface area (Å²) in [7, 11) is 0. The smallest absolute Gasteiger partial charge is 0.230 e. The van der Waals surface area contributed by atoms with E-state index in [1.807, 2.05) is 11.0 Å². The molecule has 0 spiro atoms. The summed E-state index contributed by atoms with van der Waals surface area (Å²) in [5.74, 6) is 0.321. The average Bonchev–Trinajstić information content (AvgIpc) is 3.10. The van der Waals surface area contributed by atoms with Gasteiger partial charge in [0.05, 0.1) is 5.41 Å². The molecule has 1 saturated heterocycles. The molecule has 3 nitrogen and oxygen atoms in total. The van der Waals surface area contributed by atoms with E-state index in [9.17, 15) is 4.79 Å². The summed E-state index contributed by atoms with van der Waals surface area (Å²) in [5.41, 5.74) is -0.191. The highest BCUT2D eigenvalue weighted by atomic mass is 16.2. The van der Waals surface area contributed by atoms with Gasteiger partial charge in [0.25, 0.3) is 0 Å². The Hall–Kier alpha value is -0.830. The van der Waals surface area contributed by atoms with Crippen molar-refractivity contribution in [3.8, 4) is 0 Å². The van der Waals surface area contributed by atoms with Crippen molar-refractivity contribution in [2.75, 3.05) is 19.6 Å². The first-order valence-electron chi connectivity index (χ1n) is 6.30. The molecule has 0 bridgehead atoms. The topological polar surface area (TPSA) is 32.3 Å². The second-order valence-electron chi connectivity index (χ2n) is 5.32. The van der Waals surface area contributed by atoms with Gasteiger partial charge in [0.1, 0.15) is 0 Å². The van der Waals surface area contributed by atoms with Gasteiger partial charge in [0.2, 0.25) is 5.91 Å². The van der Waals surface area contributed by atoms with Crippen molar-refractivity contribution in [2.45, 2.75) is 38.6 Å². The molecule has 1 atom stereocenters. The second kappa shape index (κ2) is 4.58. The molecule has 2 fully saturated rings. The molecule has 0 aromatic rings. The van der Waals surface area contributed by atoms with Crippen LogP contribution in [-0.4, -0.2) is 36.5 Å². The van der Waals surface area contributed by atoms with Crippen LogP contribution in [0.3, 0.4) is 0 Å². The number of piperidine rings is 1. The molecule has 3 heteroatoms. The molecule has 2 rings (SSSR count). The third-order valence-electron chi connectivity index (χ3n) is 3.69. The summed E-state index contributed by atoms with van der Waals surface area (Å²) in [4.78, 5) is 14.6. The van der Waals surface area contributed by atoms with Crippen LogP contribution in [0.5, 0.6) is 0 Å². The van der Waals surface area contributed by atoms with Gasteiger partial charge in [-0.05, 0) is 39.2 Å². The third-order valence-corrected chi connectivity index (χ3v) is 3.69. The summed E-state index contributed by atoms with van der Waals surface area (Å²) in [6.45, 7) is 8.43. The summed E-state index contributed by atoms with van der Waals surface area (Å²) in [5, 5.41) is 3.34. The van der Waals surface area contributed by atoms with Gasteiger partial charge in [0.15, 0.2) is 0 Å². The highest BCUT2D eigenvalue weighted by Gasteiger charge is 2.42. The van der Waals surface area contributed by atoms with Gasteiger partial charge < -0.3 is 10.2 Å². The summed E-state index contributed by atoms with van der Waals surface area (Å²) in [6.07, 6.45) is 6.30. The first kappa shape index (κ1) is 11.6. The Labute approximate surface area is 97.9 Å². The Morgan fingerprint density at radius 1 is 1.62 bits per heavy atom. The van der Waals surface area contributed by atoms with E-state index in [2.05, 4.69) is 18.8 Å². The molecule has 1 amide bonds. The monoisotopic (exact) mass is 222 g/mol. The van der Waals surface area contributed by atoms with Crippen LogP contribution in [0.25, 0.3) is 0 Å². The number of hydrogen-bond donors (Lipinski definition) is 1. The number of nitrogens with one attached hydrogen (secondary N) is 1. The van der Waals surface area contributed by atoms with E-state index in [4.69, 9.17) is 0 Å². The molecule has 0 aromatic heterocycles. The van der Waals surface area contributed by atoms with Gasteiger partial charge in [-0.2, -0.15) is 0 Å². The van der Waals surface area contributed by atoms with Crippen molar-refractivity contribution in [1.82, 2.24) is 10.2 Å². The molecule has 90 valence electrons. The van der Waals surface area contributed by atoms with Crippen LogP contribution in [0.15, 0.2) is 12.7 Å². The van der Waals surface area contributed by atoms with E-state index in [-0.39, 0.29) is 5.41 Å². The third kappa shape index (κ3) is 2.29. The number of amides is 1. The number of hydrogen-bond acceptors (Lipinski definition) is 2. The Bertz CT molecular complexity index is 278. The zero-order chi connectivity index (χ0) is 11.6. The number of nitrogens with zero attached hydrogens (tertiary/aromatic N) is 1. The minimum atomic E-state index is -0.191. The number of carbonyl (C=O) groups excluding carboxylic acids is 1. The van der Waals surface area contributed by atoms with Crippen LogP contribution in [0.1, 0.15) is 32.6 Å². The van der Waals surface area contributed by atoms with Crippen molar-refractivity contribution >= 4 is 5.91 Å². The van der Waals surface area contributed by atoms with Gasteiger partial charge in [0, 0.05) is 19.1 Å². The van der Waals surface area contributed by atoms with Gasteiger partial charge >= 0.3 is 0 Å². The minimum absolute atomic E-state index is 0.191. The molecule has 1 aliphatic heterocycles. The maximum atomic E-state index is 12.5. The maximum Gasteiger partial charge on any atom is 0.230 e. The molecule has 16 heavy (non-hydrogen) atoms. The molecular formula is C13H22N2O.